The highest BCUT2D eigenvalue weighted by Gasteiger charge is 2.33. The third-order valence-corrected chi connectivity index (χ3v) is 7.22. The van der Waals surface area contributed by atoms with Crippen LogP contribution in [0.25, 0.3) is 6.08 Å². The Kier molecular flexibility index (Phi) is 8.18. The molecule has 0 saturated carbocycles. The Bertz CT molecular complexity index is 1600. The Hall–Kier alpha value is -4.09. The molecule has 0 spiro atoms. The molecule has 0 aliphatic carbocycles. The smallest absolute Gasteiger partial charge is 0.338 e. The molecule has 1 aliphatic heterocycles. The topological polar surface area (TPSA) is 79.1 Å². The molecule has 2 heterocycles. The van der Waals surface area contributed by atoms with Gasteiger partial charge in [0.05, 0.1) is 35.6 Å². The lowest BCUT2D eigenvalue weighted by molar-refractivity contribution is -0.139. The van der Waals surface area contributed by atoms with E-state index in [4.69, 9.17) is 20.6 Å². The van der Waals surface area contributed by atoms with Gasteiger partial charge in [-0.25, -0.2) is 9.79 Å². The van der Waals surface area contributed by atoms with E-state index < -0.39 is 12.0 Å². The summed E-state index contributed by atoms with van der Waals surface area (Å²) in [5.74, 6) is 3.33. The normalized spacial score (nSPS) is 15.1. The number of aromatic nitrogens is 1. The Morgan fingerprint density at radius 2 is 1.95 bits per heavy atom. The van der Waals surface area contributed by atoms with Crippen LogP contribution in [-0.2, 0) is 9.53 Å². The van der Waals surface area contributed by atoms with Crippen molar-refractivity contribution in [2.75, 3.05) is 20.3 Å². The average molecular weight is 531 g/mol. The molecule has 196 valence electrons. The minimum Gasteiger partial charge on any atom is -0.493 e. The molecule has 8 heteroatoms. The number of esters is 1. The van der Waals surface area contributed by atoms with E-state index in [0.717, 1.165) is 11.1 Å². The number of hydrogen-bond acceptors (Lipinski definition) is 7. The van der Waals surface area contributed by atoms with E-state index >= 15 is 0 Å². The van der Waals surface area contributed by atoms with Crippen molar-refractivity contribution in [3.63, 3.8) is 0 Å². The van der Waals surface area contributed by atoms with Crippen LogP contribution in [0.2, 0.25) is 0 Å². The number of methoxy groups -OCH3 is 1. The number of terminal acetylenes is 1. The van der Waals surface area contributed by atoms with Gasteiger partial charge in [-0.15, -0.1) is 6.42 Å². The molecule has 4 rings (SSSR count). The molecule has 1 aliphatic rings. The zero-order valence-electron chi connectivity index (χ0n) is 22.1. The predicted octanol–water partition coefficient (Wildman–Crippen LogP) is 3.94. The van der Waals surface area contributed by atoms with Gasteiger partial charge in [-0.3, -0.25) is 9.36 Å². The molecule has 7 nitrogen and oxygen atoms in total. The fourth-order valence-corrected chi connectivity index (χ4v) is 5.38. The largest absolute Gasteiger partial charge is 0.493 e. The van der Waals surface area contributed by atoms with Crippen LogP contribution >= 0.6 is 11.3 Å². The first-order valence-corrected chi connectivity index (χ1v) is 13.1. The summed E-state index contributed by atoms with van der Waals surface area (Å²) in [5, 5.41) is 0. The van der Waals surface area contributed by atoms with Crippen molar-refractivity contribution in [2.45, 2.75) is 39.7 Å². The first-order valence-electron chi connectivity index (χ1n) is 12.3. The number of carbonyl (C=O) groups is 1. The van der Waals surface area contributed by atoms with Gasteiger partial charge >= 0.3 is 5.97 Å². The summed E-state index contributed by atoms with van der Waals surface area (Å²) < 4.78 is 18.4. The van der Waals surface area contributed by atoms with Crippen molar-refractivity contribution in [2.24, 2.45) is 4.99 Å². The van der Waals surface area contributed by atoms with E-state index in [1.54, 1.807) is 43.7 Å². The van der Waals surface area contributed by atoms with Gasteiger partial charge in [0.25, 0.3) is 5.56 Å². The maximum atomic E-state index is 13.8. The van der Waals surface area contributed by atoms with Crippen LogP contribution < -0.4 is 24.4 Å². The maximum absolute atomic E-state index is 13.8. The van der Waals surface area contributed by atoms with E-state index in [1.165, 1.54) is 16.9 Å². The molecule has 0 bridgehead atoms. The predicted molar refractivity (Wildman–Crippen MR) is 148 cm³/mol. The highest BCUT2D eigenvalue weighted by Crippen LogP contribution is 2.32. The van der Waals surface area contributed by atoms with Gasteiger partial charge in [0.1, 0.15) is 6.61 Å². The quantitative estimate of drug-likeness (QED) is 0.326. The zero-order chi connectivity index (χ0) is 27.4. The van der Waals surface area contributed by atoms with E-state index in [9.17, 15) is 9.59 Å². The van der Waals surface area contributed by atoms with Crippen LogP contribution in [-0.4, -0.2) is 30.9 Å². The summed E-state index contributed by atoms with van der Waals surface area (Å²) in [7, 11) is 1.54. The van der Waals surface area contributed by atoms with Gasteiger partial charge in [0, 0.05) is 0 Å². The van der Waals surface area contributed by atoms with Crippen molar-refractivity contribution >= 4 is 23.4 Å². The van der Waals surface area contributed by atoms with Crippen LogP contribution in [0.1, 0.15) is 56.3 Å². The van der Waals surface area contributed by atoms with Crippen molar-refractivity contribution in [1.82, 2.24) is 4.57 Å². The number of nitrogens with zero attached hydrogens (tertiary/aromatic N) is 2. The summed E-state index contributed by atoms with van der Waals surface area (Å²) in [6, 6.07) is 12.7. The number of carbonyl (C=O) groups excluding carboxylic acids is 1. The second kappa shape index (κ2) is 11.5. The second-order valence-corrected chi connectivity index (χ2v) is 10.0. The minimum atomic E-state index is -0.650. The van der Waals surface area contributed by atoms with Gasteiger partial charge in [-0.05, 0) is 54.7 Å². The first-order chi connectivity index (χ1) is 18.3. The minimum absolute atomic E-state index is 0.120. The van der Waals surface area contributed by atoms with E-state index in [-0.39, 0.29) is 18.8 Å². The van der Waals surface area contributed by atoms with Crippen molar-refractivity contribution in [3.05, 3.63) is 90.1 Å². The fourth-order valence-electron chi connectivity index (χ4n) is 4.33. The number of fused-ring (bicyclic) bond motifs is 1. The zero-order valence-corrected chi connectivity index (χ0v) is 22.9. The van der Waals surface area contributed by atoms with Crippen LogP contribution in [0.15, 0.2) is 63.5 Å². The first kappa shape index (κ1) is 27.0. The highest BCUT2D eigenvalue weighted by molar-refractivity contribution is 7.07. The van der Waals surface area contributed by atoms with Gasteiger partial charge in [0.15, 0.2) is 16.3 Å². The van der Waals surface area contributed by atoms with Crippen LogP contribution in [0.4, 0.5) is 0 Å². The maximum Gasteiger partial charge on any atom is 0.338 e. The van der Waals surface area contributed by atoms with Gasteiger partial charge in [-0.1, -0.05) is 61.4 Å². The molecule has 38 heavy (non-hydrogen) atoms. The molecule has 2 aromatic carbocycles. The summed E-state index contributed by atoms with van der Waals surface area (Å²) in [4.78, 5) is 32.0. The molecule has 0 radical (unpaired) electrons. The standard InChI is InChI=1S/C30H30N2O5S/c1-7-15-37-23-14-9-20(16-24(23)35-6)17-25-28(33)32-27(22-12-10-21(11-13-22)18(3)4)26(29(34)36-8-2)19(5)31-30(32)38-25/h1,9-14,16-18,27H,8,15H2,2-6H3/b25-17-. The third kappa shape index (κ3) is 5.29. The number of rotatable bonds is 8. The number of thiazole rings is 1. The van der Waals surface area contributed by atoms with E-state index in [0.29, 0.717) is 38.0 Å². The number of ether oxygens (including phenoxy) is 3. The molecule has 3 aromatic rings. The number of allylic oxidation sites excluding steroid dienone is 1. The summed E-state index contributed by atoms with van der Waals surface area (Å²) in [6.45, 7) is 8.12. The summed E-state index contributed by atoms with van der Waals surface area (Å²) >= 11 is 1.27. The highest BCUT2D eigenvalue weighted by atomic mass is 32.1. The molecule has 0 amide bonds. The molecule has 1 atom stereocenters. The van der Waals surface area contributed by atoms with Crippen molar-refractivity contribution in [3.8, 4) is 23.8 Å². The summed E-state index contributed by atoms with van der Waals surface area (Å²) in [5.41, 5.74) is 3.39. The lowest BCUT2D eigenvalue weighted by Gasteiger charge is -2.25. The second-order valence-electron chi connectivity index (χ2n) is 9.03. The van der Waals surface area contributed by atoms with Crippen molar-refractivity contribution in [1.29, 1.82) is 0 Å². The molecule has 1 aromatic heterocycles. The molecule has 1 unspecified atom stereocenters. The molecule has 0 fully saturated rings. The van der Waals surface area contributed by atoms with E-state index in [2.05, 4.69) is 24.8 Å². The SMILES string of the molecule is C#CCOc1ccc(/C=c2\sc3n(c2=O)C(c2ccc(C(C)C)cc2)C(C(=O)OCC)=C(C)N=3)cc1OC. The van der Waals surface area contributed by atoms with Crippen molar-refractivity contribution < 1.29 is 19.0 Å². The molecular formula is C30H30N2O5S. The average Bonchev–Trinajstić information content (AvgIpc) is 3.21. The number of hydrogen-bond donors (Lipinski definition) is 0. The molecule has 0 saturated heterocycles. The Morgan fingerprint density at radius 3 is 2.58 bits per heavy atom. The Labute approximate surface area is 225 Å². The monoisotopic (exact) mass is 530 g/mol. The van der Waals surface area contributed by atoms with E-state index in [1.807, 2.05) is 30.3 Å². The Morgan fingerprint density at radius 1 is 1.21 bits per heavy atom. The van der Waals surface area contributed by atoms with Crippen LogP contribution in [0, 0.1) is 12.3 Å². The third-order valence-electron chi connectivity index (χ3n) is 6.23. The van der Waals surface area contributed by atoms with Gasteiger partial charge in [0.2, 0.25) is 0 Å². The number of benzene rings is 2. The lowest BCUT2D eigenvalue weighted by Crippen LogP contribution is -2.39. The van der Waals surface area contributed by atoms with Gasteiger partial charge in [-0.2, -0.15) is 0 Å². The lowest BCUT2D eigenvalue weighted by atomic mass is 9.93. The molecular weight excluding hydrogens is 500 g/mol. The van der Waals surface area contributed by atoms with Gasteiger partial charge < -0.3 is 14.2 Å². The Balaban J connectivity index is 1.87. The fraction of sp³-hybridized carbons (Fsp3) is 0.300. The van der Waals surface area contributed by atoms with Crippen LogP contribution in [0.5, 0.6) is 11.5 Å². The van der Waals surface area contributed by atoms with Crippen LogP contribution in [0.3, 0.4) is 0 Å². The molecule has 0 N–H and O–H groups in total. The summed E-state index contributed by atoms with van der Waals surface area (Å²) in [6.07, 6.45) is 7.07.